The summed E-state index contributed by atoms with van der Waals surface area (Å²) in [6.45, 7) is 1.60. The van der Waals surface area contributed by atoms with Gasteiger partial charge in [0.15, 0.2) is 0 Å². The Balaban J connectivity index is 3.22. The molecule has 0 aromatic carbocycles. The quantitative estimate of drug-likeness (QED) is 0.622. The lowest BCUT2D eigenvalue weighted by Crippen LogP contribution is -2.00. The van der Waals surface area contributed by atoms with Gasteiger partial charge in [-0.1, -0.05) is 0 Å². The molecule has 0 bridgehead atoms. The van der Waals surface area contributed by atoms with Crippen LogP contribution in [0.25, 0.3) is 0 Å². The third kappa shape index (κ3) is 2.38. The predicted molar refractivity (Wildman–Crippen MR) is 56.0 cm³/mol. The average Bonchev–Trinajstić information content (AvgIpc) is 2.11. The topological polar surface area (TPSA) is 36.7 Å². The van der Waals surface area contributed by atoms with Crippen LogP contribution in [0.15, 0.2) is 6.07 Å². The first-order chi connectivity index (χ1) is 6.56. The molecule has 5 heteroatoms. The molecule has 74 valence electrons. The summed E-state index contributed by atoms with van der Waals surface area (Å²) < 4.78 is 25.6. The highest BCUT2D eigenvalue weighted by atomic mass is 127. The van der Waals surface area contributed by atoms with Gasteiger partial charge in [-0.25, -0.2) is 13.8 Å². The number of alkyl halides is 2. The third-order valence-corrected chi connectivity index (χ3v) is 2.85. The third-order valence-electron chi connectivity index (χ3n) is 1.80. The highest BCUT2D eigenvalue weighted by Crippen LogP contribution is 2.25. The molecule has 0 N–H and O–H groups in total. The Kier molecular flexibility index (Phi) is 3.75. The van der Waals surface area contributed by atoms with Gasteiger partial charge in [-0.15, -0.1) is 0 Å². The summed E-state index contributed by atoms with van der Waals surface area (Å²) in [5, 5.41) is 8.43. The van der Waals surface area contributed by atoms with Crippen LogP contribution in [0, 0.1) is 22.0 Å². The van der Waals surface area contributed by atoms with Crippen LogP contribution in [-0.2, 0) is 6.42 Å². The van der Waals surface area contributed by atoms with E-state index in [0.717, 1.165) is 0 Å². The van der Waals surface area contributed by atoms with E-state index in [4.69, 9.17) is 5.26 Å². The minimum atomic E-state index is -2.51. The van der Waals surface area contributed by atoms with Gasteiger partial charge in [-0.2, -0.15) is 5.26 Å². The Labute approximate surface area is 94.1 Å². The van der Waals surface area contributed by atoms with Gasteiger partial charge in [0, 0.05) is 5.56 Å². The summed E-state index contributed by atoms with van der Waals surface area (Å²) in [4.78, 5) is 4.04. The Morgan fingerprint density at radius 2 is 2.29 bits per heavy atom. The van der Waals surface area contributed by atoms with Crippen molar-refractivity contribution in [3.05, 3.63) is 26.6 Å². The van der Waals surface area contributed by atoms with Crippen molar-refractivity contribution in [2.24, 2.45) is 0 Å². The fraction of sp³-hybridized carbons (Fsp3) is 0.333. The number of nitriles is 1. The lowest BCUT2D eigenvalue weighted by atomic mass is 10.1. The lowest BCUT2D eigenvalue weighted by Gasteiger charge is -2.07. The number of halogens is 3. The zero-order chi connectivity index (χ0) is 10.7. The Morgan fingerprint density at radius 1 is 1.64 bits per heavy atom. The Morgan fingerprint density at radius 3 is 2.79 bits per heavy atom. The van der Waals surface area contributed by atoms with Crippen molar-refractivity contribution < 1.29 is 8.78 Å². The summed E-state index contributed by atoms with van der Waals surface area (Å²) in [6.07, 6.45) is -2.44. The maximum atomic E-state index is 12.5. The second-order valence-electron chi connectivity index (χ2n) is 2.75. The predicted octanol–water partition coefficient (Wildman–Crippen LogP) is 3.00. The van der Waals surface area contributed by atoms with Crippen molar-refractivity contribution >= 4 is 22.6 Å². The van der Waals surface area contributed by atoms with E-state index in [0.29, 0.717) is 15.0 Å². The molecule has 0 aliphatic rings. The van der Waals surface area contributed by atoms with E-state index in [2.05, 4.69) is 4.98 Å². The van der Waals surface area contributed by atoms with Gasteiger partial charge >= 0.3 is 0 Å². The first kappa shape index (κ1) is 11.3. The Bertz CT molecular complexity index is 385. The van der Waals surface area contributed by atoms with Gasteiger partial charge < -0.3 is 0 Å². The van der Waals surface area contributed by atoms with E-state index in [1.165, 1.54) is 6.07 Å². The highest BCUT2D eigenvalue weighted by Gasteiger charge is 2.14. The van der Waals surface area contributed by atoms with Crippen LogP contribution in [0.1, 0.15) is 23.2 Å². The maximum Gasteiger partial charge on any atom is 0.264 e. The van der Waals surface area contributed by atoms with E-state index in [-0.39, 0.29) is 12.0 Å². The molecule has 0 radical (unpaired) electrons. The zero-order valence-corrected chi connectivity index (χ0v) is 9.55. The van der Waals surface area contributed by atoms with Crippen molar-refractivity contribution in [3.8, 4) is 6.07 Å². The van der Waals surface area contributed by atoms with Crippen molar-refractivity contribution in [2.45, 2.75) is 19.8 Å². The van der Waals surface area contributed by atoms with Gasteiger partial charge in [-0.3, -0.25) is 0 Å². The minimum absolute atomic E-state index is 0.0327. The van der Waals surface area contributed by atoms with Crippen LogP contribution in [0.3, 0.4) is 0 Å². The van der Waals surface area contributed by atoms with Crippen molar-refractivity contribution in [2.75, 3.05) is 0 Å². The fourth-order valence-electron chi connectivity index (χ4n) is 1.05. The number of aromatic nitrogens is 1. The molecule has 0 amide bonds. The fourth-order valence-corrected chi connectivity index (χ4v) is 1.67. The highest BCUT2D eigenvalue weighted by molar-refractivity contribution is 14.1. The molecular weight excluding hydrogens is 301 g/mol. The van der Waals surface area contributed by atoms with Crippen LogP contribution in [-0.4, -0.2) is 4.98 Å². The van der Waals surface area contributed by atoms with E-state index in [1.807, 2.05) is 28.7 Å². The van der Waals surface area contributed by atoms with Crippen LogP contribution in [0.5, 0.6) is 0 Å². The second-order valence-corrected chi connectivity index (χ2v) is 3.78. The number of hydrogen-bond acceptors (Lipinski definition) is 2. The molecule has 0 saturated heterocycles. The lowest BCUT2D eigenvalue weighted by molar-refractivity contribution is 0.150. The van der Waals surface area contributed by atoms with Gasteiger partial charge in [0.2, 0.25) is 0 Å². The van der Waals surface area contributed by atoms with Gasteiger partial charge in [0.1, 0.15) is 3.70 Å². The summed E-state index contributed by atoms with van der Waals surface area (Å²) in [5.74, 6) is 0. The van der Waals surface area contributed by atoms with Crippen molar-refractivity contribution in [3.63, 3.8) is 0 Å². The molecular formula is C9H7F2IN2. The molecule has 14 heavy (non-hydrogen) atoms. The van der Waals surface area contributed by atoms with Crippen LogP contribution >= 0.6 is 22.6 Å². The largest absolute Gasteiger partial charge is 0.264 e. The molecule has 1 rings (SSSR count). The minimum Gasteiger partial charge on any atom is -0.246 e. The van der Waals surface area contributed by atoms with Gasteiger partial charge in [-0.05, 0) is 41.1 Å². The summed E-state index contributed by atoms with van der Waals surface area (Å²) >= 11 is 1.89. The zero-order valence-electron chi connectivity index (χ0n) is 7.39. The summed E-state index contributed by atoms with van der Waals surface area (Å²) in [7, 11) is 0. The SMILES string of the molecule is Cc1c(C(F)F)cc(CC#N)nc1I. The number of rotatable bonds is 2. The van der Waals surface area contributed by atoms with Crippen LogP contribution < -0.4 is 0 Å². The maximum absolute atomic E-state index is 12.5. The molecule has 0 fully saturated rings. The first-order valence-corrected chi connectivity index (χ1v) is 4.95. The average molecular weight is 308 g/mol. The van der Waals surface area contributed by atoms with Crippen LogP contribution in [0.2, 0.25) is 0 Å². The number of hydrogen-bond donors (Lipinski definition) is 0. The van der Waals surface area contributed by atoms with E-state index >= 15 is 0 Å². The number of nitrogens with zero attached hydrogens (tertiary/aromatic N) is 2. The molecule has 0 unspecified atom stereocenters. The monoisotopic (exact) mass is 308 g/mol. The van der Waals surface area contributed by atoms with Crippen LogP contribution in [0.4, 0.5) is 8.78 Å². The Hall–Kier alpha value is -0.770. The van der Waals surface area contributed by atoms with E-state index in [1.54, 1.807) is 6.92 Å². The molecule has 0 aliphatic carbocycles. The summed E-state index contributed by atoms with van der Waals surface area (Å²) in [5.41, 5.74) is 0.856. The van der Waals surface area contributed by atoms with E-state index in [9.17, 15) is 8.78 Å². The first-order valence-electron chi connectivity index (χ1n) is 3.87. The molecule has 1 heterocycles. The molecule has 2 nitrogen and oxygen atoms in total. The smallest absolute Gasteiger partial charge is 0.246 e. The molecule has 1 aromatic rings. The standard InChI is InChI=1S/C9H7F2IN2/c1-5-7(8(10)11)4-6(2-3-13)14-9(5)12/h4,8H,2H2,1H3. The van der Waals surface area contributed by atoms with Gasteiger partial charge in [0.25, 0.3) is 6.43 Å². The second kappa shape index (κ2) is 4.64. The van der Waals surface area contributed by atoms with E-state index < -0.39 is 6.43 Å². The molecule has 0 saturated carbocycles. The summed E-state index contributed by atoms with van der Waals surface area (Å²) in [6, 6.07) is 3.18. The molecule has 0 spiro atoms. The van der Waals surface area contributed by atoms with Crippen molar-refractivity contribution in [1.29, 1.82) is 5.26 Å². The molecule has 0 atom stereocenters. The normalized spacial score (nSPS) is 10.3. The molecule has 0 aliphatic heterocycles. The van der Waals surface area contributed by atoms with Gasteiger partial charge in [0.05, 0.1) is 18.2 Å². The molecule has 1 aromatic heterocycles. The van der Waals surface area contributed by atoms with Crippen molar-refractivity contribution in [1.82, 2.24) is 4.98 Å². The number of pyridine rings is 1.